The van der Waals surface area contributed by atoms with Crippen LogP contribution in [0.2, 0.25) is 0 Å². The van der Waals surface area contributed by atoms with Gasteiger partial charge in [-0.1, -0.05) is 42.3 Å². The number of carbonyl (C=O) groups is 1. The molecule has 0 unspecified atom stereocenters. The molecule has 0 bridgehead atoms. The first-order valence-corrected chi connectivity index (χ1v) is 7.11. The van der Waals surface area contributed by atoms with Gasteiger partial charge in [0.15, 0.2) is 0 Å². The average Bonchev–Trinajstić information content (AvgIpc) is 2.54. The molecule has 22 heavy (non-hydrogen) atoms. The van der Waals surface area contributed by atoms with E-state index in [0.717, 1.165) is 17.0 Å². The fourth-order valence-corrected chi connectivity index (χ4v) is 1.77. The lowest BCUT2D eigenvalue weighted by Crippen LogP contribution is -2.24. The van der Waals surface area contributed by atoms with Crippen LogP contribution in [0.25, 0.3) is 0 Å². The number of nitrogens with zero attached hydrogens (tertiary/aromatic N) is 1. The van der Waals surface area contributed by atoms with Crippen LogP contribution >= 0.6 is 0 Å². The van der Waals surface area contributed by atoms with E-state index in [1.807, 2.05) is 55.5 Å². The van der Waals surface area contributed by atoms with Crippen molar-refractivity contribution in [3.05, 3.63) is 65.5 Å². The van der Waals surface area contributed by atoms with E-state index >= 15 is 0 Å². The molecule has 0 saturated heterocycles. The Labute approximate surface area is 130 Å². The van der Waals surface area contributed by atoms with Crippen molar-refractivity contribution in [2.45, 2.75) is 20.0 Å². The van der Waals surface area contributed by atoms with E-state index in [1.165, 1.54) is 0 Å². The summed E-state index contributed by atoms with van der Waals surface area (Å²) < 4.78 is 5.10. The van der Waals surface area contributed by atoms with Crippen molar-refractivity contribution in [2.75, 3.05) is 6.54 Å². The van der Waals surface area contributed by atoms with E-state index < -0.39 is 6.09 Å². The molecule has 2 aromatic rings. The second-order valence-electron chi connectivity index (χ2n) is 4.70. The maximum atomic E-state index is 11.5. The molecular weight excluding hydrogens is 276 g/mol. The van der Waals surface area contributed by atoms with Crippen molar-refractivity contribution >= 4 is 6.09 Å². The quantitative estimate of drug-likeness (QED) is 0.696. The van der Waals surface area contributed by atoms with Crippen LogP contribution in [0.1, 0.15) is 23.4 Å². The molecule has 0 atom stereocenters. The number of rotatable bonds is 4. The fourth-order valence-electron chi connectivity index (χ4n) is 1.77. The molecule has 1 aromatic carbocycles. The van der Waals surface area contributed by atoms with Crippen LogP contribution in [-0.4, -0.2) is 17.6 Å². The van der Waals surface area contributed by atoms with Gasteiger partial charge in [-0.25, -0.2) is 9.78 Å². The van der Waals surface area contributed by atoms with E-state index in [4.69, 9.17) is 4.74 Å². The van der Waals surface area contributed by atoms with Crippen LogP contribution in [0.4, 0.5) is 4.79 Å². The maximum absolute atomic E-state index is 11.5. The van der Waals surface area contributed by atoms with Crippen molar-refractivity contribution in [1.29, 1.82) is 0 Å². The van der Waals surface area contributed by atoms with Gasteiger partial charge in [0.1, 0.15) is 12.3 Å². The summed E-state index contributed by atoms with van der Waals surface area (Å²) in [5.74, 6) is 5.94. The van der Waals surface area contributed by atoms with Crippen LogP contribution < -0.4 is 5.32 Å². The molecule has 1 amide bonds. The normalized spacial score (nSPS) is 9.50. The molecule has 112 valence electrons. The number of carbonyl (C=O) groups excluding carboxylic acids is 1. The smallest absolute Gasteiger partial charge is 0.407 e. The Morgan fingerprint density at radius 3 is 2.77 bits per heavy atom. The summed E-state index contributed by atoms with van der Waals surface area (Å²) in [6.07, 6.45) is 0.120. The van der Waals surface area contributed by atoms with E-state index in [9.17, 15) is 4.79 Å². The first kappa shape index (κ1) is 15.6. The van der Waals surface area contributed by atoms with Gasteiger partial charge < -0.3 is 10.1 Å². The van der Waals surface area contributed by atoms with Gasteiger partial charge in [0.25, 0.3) is 0 Å². The monoisotopic (exact) mass is 294 g/mol. The Bertz CT molecular complexity index is 672. The van der Waals surface area contributed by atoms with Gasteiger partial charge in [-0.3, -0.25) is 0 Å². The number of alkyl carbamates (subject to hydrolysis) is 1. The fraction of sp³-hybridized carbons (Fsp3) is 0.222. The van der Waals surface area contributed by atoms with E-state index in [2.05, 4.69) is 22.1 Å². The molecule has 0 aliphatic rings. The lowest BCUT2D eigenvalue weighted by atomic mass is 10.2. The Morgan fingerprint density at radius 2 is 2.00 bits per heavy atom. The Morgan fingerprint density at radius 1 is 1.18 bits per heavy atom. The molecule has 1 N–H and O–H groups in total. The highest BCUT2D eigenvalue weighted by atomic mass is 16.5. The molecule has 2 rings (SSSR count). The summed E-state index contributed by atoms with van der Waals surface area (Å²) in [4.78, 5) is 15.8. The Balaban J connectivity index is 1.65. The number of benzene rings is 1. The number of hydrogen-bond donors (Lipinski definition) is 1. The number of pyridine rings is 1. The molecule has 0 saturated carbocycles. The van der Waals surface area contributed by atoms with Crippen molar-refractivity contribution in [2.24, 2.45) is 0 Å². The molecule has 0 fully saturated rings. The van der Waals surface area contributed by atoms with Crippen LogP contribution in [0.3, 0.4) is 0 Å². The van der Waals surface area contributed by atoms with E-state index in [-0.39, 0.29) is 6.61 Å². The first-order chi connectivity index (χ1) is 10.7. The third-order valence-corrected chi connectivity index (χ3v) is 2.84. The van der Waals surface area contributed by atoms with Gasteiger partial charge in [-0.2, -0.15) is 0 Å². The lowest BCUT2D eigenvalue weighted by Gasteiger charge is -2.05. The predicted molar refractivity (Wildman–Crippen MR) is 85.1 cm³/mol. The minimum atomic E-state index is -0.431. The highest BCUT2D eigenvalue weighted by Gasteiger charge is 2.00. The highest BCUT2D eigenvalue weighted by Crippen LogP contribution is 2.00. The minimum absolute atomic E-state index is 0.269. The zero-order chi connectivity index (χ0) is 15.6. The number of nitrogens with one attached hydrogen (secondary N) is 1. The SMILES string of the molecule is Cc1cccc(C#CCCNC(=O)OCc2ccccc2)n1. The number of aryl methyl sites for hydroxylation is 1. The molecule has 1 heterocycles. The molecule has 1 aromatic heterocycles. The summed E-state index contributed by atoms with van der Waals surface area (Å²) in [5.41, 5.74) is 2.64. The summed E-state index contributed by atoms with van der Waals surface area (Å²) in [5, 5.41) is 2.67. The van der Waals surface area contributed by atoms with Crippen molar-refractivity contribution < 1.29 is 9.53 Å². The maximum Gasteiger partial charge on any atom is 0.407 e. The van der Waals surface area contributed by atoms with E-state index in [0.29, 0.717) is 13.0 Å². The van der Waals surface area contributed by atoms with Crippen LogP contribution in [-0.2, 0) is 11.3 Å². The van der Waals surface area contributed by atoms with Gasteiger partial charge in [0, 0.05) is 18.7 Å². The van der Waals surface area contributed by atoms with E-state index in [1.54, 1.807) is 0 Å². The third kappa shape index (κ3) is 5.68. The van der Waals surface area contributed by atoms with Crippen LogP contribution in [0.15, 0.2) is 48.5 Å². The van der Waals surface area contributed by atoms with Crippen molar-refractivity contribution in [1.82, 2.24) is 10.3 Å². The molecule has 0 aliphatic carbocycles. The van der Waals surface area contributed by atoms with Gasteiger partial charge >= 0.3 is 6.09 Å². The lowest BCUT2D eigenvalue weighted by molar-refractivity contribution is 0.140. The molecule has 0 spiro atoms. The summed E-state index contributed by atoms with van der Waals surface area (Å²) in [6, 6.07) is 15.3. The first-order valence-electron chi connectivity index (χ1n) is 7.11. The van der Waals surface area contributed by atoms with Gasteiger partial charge in [-0.15, -0.1) is 0 Å². The molecule has 0 aliphatic heterocycles. The van der Waals surface area contributed by atoms with Gasteiger partial charge in [0.2, 0.25) is 0 Å². The Hall–Kier alpha value is -2.80. The summed E-state index contributed by atoms with van der Waals surface area (Å²) in [7, 11) is 0. The third-order valence-electron chi connectivity index (χ3n) is 2.84. The predicted octanol–water partition coefficient (Wildman–Crippen LogP) is 3.06. The van der Waals surface area contributed by atoms with Crippen molar-refractivity contribution in [3.8, 4) is 11.8 Å². The summed E-state index contributed by atoms with van der Waals surface area (Å²) >= 11 is 0. The molecule has 4 heteroatoms. The molecule has 0 radical (unpaired) electrons. The van der Waals surface area contributed by atoms with Crippen LogP contribution in [0.5, 0.6) is 0 Å². The second-order valence-corrected chi connectivity index (χ2v) is 4.70. The Kier molecular flexibility index (Phi) is 6.01. The number of amides is 1. The highest BCUT2D eigenvalue weighted by molar-refractivity contribution is 5.67. The van der Waals surface area contributed by atoms with Gasteiger partial charge in [0.05, 0.1) is 0 Å². The molecule has 4 nitrogen and oxygen atoms in total. The summed E-state index contributed by atoms with van der Waals surface area (Å²) in [6.45, 7) is 2.65. The van der Waals surface area contributed by atoms with Crippen molar-refractivity contribution in [3.63, 3.8) is 0 Å². The number of aromatic nitrogens is 1. The zero-order valence-electron chi connectivity index (χ0n) is 12.5. The van der Waals surface area contributed by atoms with Crippen LogP contribution in [0, 0.1) is 18.8 Å². The zero-order valence-corrected chi connectivity index (χ0v) is 12.5. The number of ether oxygens (including phenoxy) is 1. The number of hydrogen-bond acceptors (Lipinski definition) is 3. The van der Waals surface area contributed by atoms with Gasteiger partial charge in [-0.05, 0) is 30.5 Å². The molecular formula is C18H18N2O2. The largest absolute Gasteiger partial charge is 0.445 e. The standard InChI is InChI=1S/C18H18N2O2/c1-15-8-7-12-17(20-15)11-5-6-13-19-18(21)22-14-16-9-3-2-4-10-16/h2-4,7-10,12H,6,13-14H2,1H3,(H,19,21). The second kappa shape index (κ2) is 8.48. The minimum Gasteiger partial charge on any atom is -0.445 e. The average molecular weight is 294 g/mol. The topological polar surface area (TPSA) is 51.2 Å².